The normalized spacial score (nSPS) is 10.6. The van der Waals surface area contributed by atoms with Crippen molar-refractivity contribution in [1.29, 1.82) is 0 Å². The Kier molecular flexibility index (Phi) is 4.90. The standard InChI is InChI=1S/C18H13BrO4Se/c1-22-17(20)11-5-3-10(4-6-11)16-15(19)13-8-7-12(18(21)23-2)9-14(13)24-16/h3-9H,1-2H3. The Morgan fingerprint density at radius 3 is 2.12 bits per heavy atom. The van der Waals surface area contributed by atoms with Crippen LogP contribution in [0.15, 0.2) is 46.9 Å². The molecule has 0 bridgehead atoms. The number of hydrogen-bond acceptors (Lipinski definition) is 4. The summed E-state index contributed by atoms with van der Waals surface area (Å²) in [5, 5.41) is 1.09. The van der Waals surface area contributed by atoms with Crippen LogP contribution in [0.1, 0.15) is 20.7 Å². The minimum atomic E-state index is -0.350. The molecule has 0 saturated carbocycles. The molecular formula is C18H13BrO4Se. The van der Waals surface area contributed by atoms with Gasteiger partial charge in [0.05, 0.1) is 0 Å². The molecule has 0 aliphatic heterocycles. The molecule has 0 aliphatic carbocycles. The fourth-order valence-corrected chi connectivity index (χ4v) is 6.05. The van der Waals surface area contributed by atoms with Crippen LogP contribution in [0.4, 0.5) is 0 Å². The zero-order valence-corrected chi connectivity index (χ0v) is 16.3. The van der Waals surface area contributed by atoms with Crippen LogP contribution < -0.4 is 0 Å². The average molecular weight is 452 g/mol. The van der Waals surface area contributed by atoms with E-state index < -0.39 is 0 Å². The van der Waals surface area contributed by atoms with Crippen LogP contribution in [0.2, 0.25) is 0 Å². The van der Waals surface area contributed by atoms with Crippen molar-refractivity contribution in [3.8, 4) is 10.0 Å². The molecule has 24 heavy (non-hydrogen) atoms. The number of benzene rings is 2. The first-order chi connectivity index (χ1) is 11.5. The van der Waals surface area contributed by atoms with Gasteiger partial charge < -0.3 is 0 Å². The van der Waals surface area contributed by atoms with Gasteiger partial charge in [0.25, 0.3) is 0 Å². The minimum absolute atomic E-state index is 0.0605. The zero-order chi connectivity index (χ0) is 17.3. The summed E-state index contributed by atoms with van der Waals surface area (Å²) >= 11 is 3.73. The zero-order valence-electron chi connectivity index (χ0n) is 13.0. The molecule has 0 saturated heterocycles. The van der Waals surface area contributed by atoms with Gasteiger partial charge in [0, 0.05) is 0 Å². The van der Waals surface area contributed by atoms with Gasteiger partial charge in [0.1, 0.15) is 0 Å². The van der Waals surface area contributed by atoms with Gasteiger partial charge in [-0.25, -0.2) is 0 Å². The molecule has 1 heterocycles. The van der Waals surface area contributed by atoms with Crippen molar-refractivity contribution in [3.63, 3.8) is 0 Å². The summed E-state index contributed by atoms with van der Waals surface area (Å²) in [5.41, 5.74) is 2.13. The van der Waals surface area contributed by atoms with Gasteiger partial charge in [-0.1, -0.05) is 0 Å². The molecule has 0 aliphatic rings. The maximum atomic E-state index is 11.7. The Hall–Kier alpha value is -1.88. The van der Waals surface area contributed by atoms with Crippen LogP contribution in [-0.4, -0.2) is 40.7 Å². The number of carbonyl (C=O) groups is 2. The fraction of sp³-hybridized carbons (Fsp3) is 0.111. The molecule has 6 heteroatoms. The Morgan fingerprint density at radius 1 is 0.917 bits per heavy atom. The van der Waals surface area contributed by atoms with Crippen molar-refractivity contribution in [1.82, 2.24) is 0 Å². The van der Waals surface area contributed by atoms with Crippen molar-refractivity contribution in [3.05, 3.63) is 58.1 Å². The predicted octanol–water partition coefficient (Wildman–Crippen LogP) is 3.90. The average Bonchev–Trinajstić information content (AvgIpc) is 2.96. The molecule has 0 unspecified atom stereocenters. The number of carbonyl (C=O) groups excluding carboxylic acids is 2. The second kappa shape index (κ2) is 6.93. The van der Waals surface area contributed by atoms with E-state index in [0.717, 1.165) is 19.7 Å². The van der Waals surface area contributed by atoms with Crippen LogP contribution in [0, 0.1) is 0 Å². The number of ether oxygens (including phenoxy) is 2. The number of fused-ring (bicyclic) bond motifs is 1. The van der Waals surface area contributed by atoms with Gasteiger partial charge in [0.2, 0.25) is 0 Å². The van der Waals surface area contributed by atoms with E-state index in [1.165, 1.54) is 18.7 Å². The summed E-state index contributed by atoms with van der Waals surface area (Å²) in [6.07, 6.45) is 0. The van der Waals surface area contributed by atoms with Crippen LogP contribution in [-0.2, 0) is 9.47 Å². The van der Waals surface area contributed by atoms with Crippen LogP contribution >= 0.6 is 15.9 Å². The van der Waals surface area contributed by atoms with Crippen molar-refractivity contribution in [2.45, 2.75) is 0 Å². The number of methoxy groups -OCH3 is 2. The van der Waals surface area contributed by atoms with E-state index in [1.807, 2.05) is 24.3 Å². The summed E-state index contributed by atoms with van der Waals surface area (Å²) in [6.45, 7) is 0. The van der Waals surface area contributed by atoms with E-state index in [2.05, 4.69) is 15.9 Å². The first-order valence-corrected chi connectivity index (χ1v) is 9.55. The van der Waals surface area contributed by atoms with Crippen molar-refractivity contribution in [2.75, 3.05) is 14.2 Å². The first kappa shape index (κ1) is 17.0. The summed E-state index contributed by atoms with van der Waals surface area (Å²) < 4.78 is 12.8. The molecule has 2 aromatic carbocycles. The molecule has 1 aromatic heterocycles. The van der Waals surface area contributed by atoms with Gasteiger partial charge in [-0.05, 0) is 0 Å². The van der Waals surface area contributed by atoms with Crippen LogP contribution in [0.25, 0.3) is 19.6 Å². The molecule has 3 aromatic rings. The molecule has 0 spiro atoms. The molecule has 0 amide bonds. The van der Waals surface area contributed by atoms with Gasteiger partial charge in [-0.2, -0.15) is 0 Å². The van der Waals surface area contributed by atoms with Gasteiger partial charge in [-0.15, -0.1) is 0 Å². The molecule has 3 rings (SSSR count). The van der Waals surface area contributed by atoms with E-state index >= 15 is 0 Å². The third kappa shape index (κ3) is 3.05. The van der Waals surface area contributed by atoms with Gasteiger partial charge in [0.15, 0.2) is 0 Å². The quantitative estimate of drug-likeness (QED) is 0.447. The van der Waals surface area contributed by atoms with E-state index in [9.17, 15) is 9.59 Å². The number of rotatable bonds is 3. The number of esters is 2. The Labute approximate surface area is 153 Å². The Morgan fingerprint density at radius 2 is 1.50 bits per heavy atom. The maximum absolute atomic E-state index is 11.7. The summed E-state index contributed by atoms with van der Waals surface area (Å²) in [6, 6.07) is 12.9. The van der Waals surface area contributed by atoms with Crippen molar-refractivity contribution < 1.29 is 19.1 Å². The third-order valence-corrected chi connectivity index (χ3v) is 7.55. The summed E-state index contributed by atoms with van der Waals surface area (Å²) in [7, 11) is 2.74. The molecule has 0 atom stereocenters. The van der Waals surface area contributed by atoms with Crippen LogP contribution in [0.5, 0.6) is 0 Å². The van der Waals surface area contributed by atoms with E-state index in [-0.39, 0.29) is 26.4 Å². The van der Waals surface area contributed by atoms with Crippen molar-refractivity contribution in [2.24, 2.45) is 0 Å². The molecule has 0 radical (unpaired) electrons. The molecular weight excluding hydrogens is 439 g/mol. The van der Waals surface area contributed by atoms with Crippen LogP contribution in [0.3, 0.4) is 0 Å². The molecule has 0 fully saturated rings. The van der Waals surface area contributed by atoms with E-state index in [1.54, 1.807) is 18.2 Å². The topological polar surface area (TPSA) is 52.6 Å². The van der Waals surface area contributed by atoms with Gasteiger partial charge in [-0.3, -0.25) is 0 Å². The monoisotopic (exact) mass is 452 g/mol. The molecule has 0 N–H and O–H groups in total. The predicted molar refractivity (Wildman–Crippen MR) is 96.7 cm³/mol. The van der Waals surface area contributed by atoms with E-state index in [4.69, 9.17) is 9.47 Å². The fourth-order valence-electron chi connectivity index (χ4n) is 2.37. The molecule has 122 valence electrons. The number of halogens is 1. The molecule has 4 nitrogen and oxygen atoms in total. The Balaban J connectivity index is 2.05. The second-order valence-corrected chi connectivity index (χ2v) is 8.02. The Bertz CT molecular complexity index is 928. The third-order valence-electron chi connectivity index (χ3n) is 3.62. The van der Waals surface area contributed by atoms with Gasteiger partial charge >= 0.3 is 153 Å². The summed E-state index contributed by atoms with van der Waals surface area (Å²) in [5.74, 6) is -0.682. The van der Waals surface area contributed by atoms with Crippen molar-refractivity contribution >= 4 is 52.0 Å². The first-order valence-electron chi connectivity index (χ1n) is 7.04. The van der Waals surface area contributed by atoms with E-state index in [0.29, 0.717) is 11.1 Å². The SMILES string of the molecule is COC(=O)c1ccc(-c2[se]c3cc(C(=O)OC)ccc3c2Br)cc1. The summed E-state index contributed by atoms with van der Waals surface area (Å²) in [4.78, 5) is 23.2. The second-order valence-electron chi connectivity index (χ2n) is 5.02. The number of hydrogen-bond donors (Lipinski definition) is 0.